The van der Waals surface area contributed by atoms with Crippen molar-refractivity contribution in [1.29, 1.82) is 0 Å². The second-order valence-electron chi connectivity index (χ2n) is 3.56. The first-order valence-corrected chi connectivity index (χ1v) is 4.74. The maximum atomic E-state index is 11.4. The van der Waals surface area contributed by atoms with Crippen molar-refractivity contribution in [3.8, 4) is 0 Å². The molecule has 0 amide bonds. The highest BCUT2D eigenvalue weighted by atomic mass is 16.5. The van der Waals surface area contributed by atoms with Crippen molar-refractivity contribution < 1.29 is 24.2 Å². The normalized spacial score (nSPS) is 14.1. The number of Topliss-reactive ketones (excluding diaryl/α,β-unsaturated/α-hetero) is 1. The highest BCUT2D eigenvalue weighted by Crippen LogP contribution is 2.25. The molecule has 5 nitrogen and oxygen atoms in total. The van der Waals surface area contributed by atoms with Gasteiger partial charge >= 0.3 is 11.9 Å². The predicted octanol–water partition coefficient (Wildman–Crippen LogP) is 1.01. The third-order valence-corrected chi connectivity index (χ3v) is 2.18. The van der Waals surface area contributed by atoms with Crippen molar-refractivity contribution >= 4 is 17.7 Å². The van der Waals surface area contributed by atoms with Crippen molar-refractivity contribution in [2.45, 2.75) is 33.6 Å². The van der Waals surface area contributed by atoms with Crippen LogP contribution < -0.4 is 0 Å². The number of ether oxygens (including phenoxy) is 1. The molecule has 0 bridgehead atoms. The van der Waals surface area contributed by atoms with Gasteiger partial charge in [0.1, 0.15) is 5.78 Å². The summed E-state index contributed by atoms with van der Waals surface area (Å²) >= 11 is 0. The zero-order valence-electron chi connectivity index (χ0n) is 9.20. The minimum atomic E-state index is -1.62. The van der Waals surface area contributed by atoms with E-state index in [0.717, 1.165) is 0 Å². The largest absolute Gasteiger partial charge is 0.480 e. The maximum absolute atomic E-state index is 11.4. The highest BCUT2D eigenvalue weighted by molar-refractivity contribution is 5.99. The summed E-state index contributed by atoms with van der Waals surface area (Å²) in [7, 11) is 0. The van der Waals surface area contributed by atoms with E-state index >= 15 is 0 Å². The second-order valence-corrected chi connectivity index (χ2v) is 3.56. The average molecular weight is 216 g/mol. The SMILES string of the molecule is CCOC(=O)[C@@](C)(CCC(C)=O)C(=O)O. The molecule has 0 fully saturated rings. The van der Waals surface area contributed by atoms with Gasteiger partial charge in [-0.05, 0) is 27.2 Å². The van der Waals surface area contributed by atoms with Gasteiger partial charge in [0.05, 0.1) is 6.61 Å². The minimum Gasteiger partial charge on any atom is -0.480 e. The van der Waals surface area contributed by atoms with Gasteiger partial charge in [-0.3, -0.25) is 9.59 Å². The Balaban J connectivity index is 4.66. The van der Waals surface area contributed by atoms with E-state index in [4.69, 9.17) is 5.11 Å². The number of carbonyl (C=O) groups is 3. The third kappa shape index (κ3) is 3.69. The first-order valence-electron chi connectivity index (χ1n) is 4.74. The minimum absolute atomic E-state index is 0.0312. The number of esters is 1. The van der Waals surface area contributed by atoms with E-state index in [1.54, 1.807) is 6.92 Å². The fraction of sp³-hybridized carbons (Fsp3) is 0.700. The van der Waals surface area contributed by atoms with Crippen molar-refractivity contribution in [3.63, 3.8) is 0 Å². The Bertz CT molecular complexity index is 271. The van der Waals surface area contributed by atoms with Gasteiger partial charge in [-0.15, -0.1) is 0 Å². The second kappa shape index (κ2) is 5.48. The summed E-state index contributed by atoms with van der Waals surface area (Å²) < 4.78 is 4.67. The van der Waals surface area contributed by atoms with E-state index in [-0.39, 0.29) is 25.2 Å². The average Bonchev–Trinajstić information content (AvgIpc) is 2.14. The van der Waals surface area contributed by atoms with Crippen LogP contribution >= 0.6 is 0 Å². The molecule has 15 heavy (non-hydrogen) atoms. The number of aliphatic carboxylic acids is 1. The van der Waals surface area contributed by atoms with Crippen molar-refractivity contribution in [3.05, 3.63) is 0 Å². The fourth-order valence-electron chi connectivity index (χ4n) is 1.01. The maximum Gasteiger partial charge on any atom is 0.323 e. The molecule has 0 aromatic carbocycles. The van der Waals surface area contributed by atoms with Gasteiger partial charge in [0.15, 0.2) is 5.41 Å². The molecule has 0 aliphatic heterocycles. The number of carboxylic acids is 1. The summed E-state index contributed by atoms with van der Waals surface area (Å²) in [4.78, 5) is 33.1. The lowest BCUT2D eigenvalue weighted by molar-refractivity contribution is -0.167. The number of carboxylic acid groups (broad SMARTS) is 1. The smallest absolute Gasteiger partial charge is 0.323 e. The lowest BCUT2D eigenvalue weighted by Crippen LogP contribution is -2.38. The van der Waals surface area contributed by atoms with Gasteiger partial charge in [-0.25, -0.2) is 0 Å². The van der Waals surface area contributed by atoms with Crippen LogP contribution in [0.4, 0.5) is 0 Å². The Morgan fingerprint density at radius 2 is 1.87 bits per heavy atom. The van der Waals surface area contributed by atoms with Crippen LogP contribution in [-0.4, -0.2) is 29.4 Å². The Morgan fingerprint density at radius 3 is 2.20 bits per heavy atom. The number of hydrogen-bond donors (Lipinski definition) is 1. The van der Waals surface area contributed by atoms with E-state index in [1.807, 2.05) is 0 Å². The monoisotopic (exact) mass is 216 g/mol. The Hall–Kier alpha value is -1.39. The van der Waals surface area contributed by atoms with Crippen LogP contribution in [-0.2, 0) is 19.1 Å². The Morgan fingerprint density at radius 1 is 1.33 bits per heavy atom. The first-order chi connectivity index (χ1) is 6.84. The first kappa shape index (κ1) is 13.6. The molecule has 1 atom stereocenters. The van der Waals surface area contributed by atoms with Crippen LogP contribution in [0.25, 0.3) is 0 Å². The molecular formula is C10H16O5. The number of rotatable bonds is 6. The lowest BCUT2D eigenvalue weighted by Gasteiger charge is -2.21. The van der Waals surface area contributed by atoms with Crippen LogP contribution in [0.3, 0.4) is 0 Å². The standard InChI is InChI=1S/C10H16O5/c1-4-15-9(14)10(3,8(12)13)6-5-7(2)11/h4-6H2,1-3H3,(H,12,13)/t10-/m0/s1. The van der Waals surface area contributed by atoms with E-state index < -0.39 is 17.4 Å². The zero-order chi connectivity index (χ0) is 12.1. The van der Waals surface area contributed by atoms with Crippen LogP contribution in [0, 0.1) is 5.41 Å². The summed E-state index contributed by atoms with van der Waals surface area (Å²) in [6, 6.07) is 0. The van der Waals surface area contributed by atoms with Gasteiger partial charge in [0.25, 0.3) is 0 Å². The Labute approximate surface area is 88.4 Å². The van der Waals surface area contributed by atoms with E-state index in [1.165, 1.54) is 13.8 Å². The van der Waals surface area contributed by atoms with E-state index in [0.29, 0.717) is 0 Å². The van der Waals surface area contributed by atoms with E-state index in [2.05, 4.69) is 4.74 Å². The molecule has 0 radical (unpaired) electrons. The van der Waals surface area contributed by atoms with Crippen molar-refractivity contribution in [2.24, 2.45) is 5.41 Å². The summed E-state index contributed by atoms with van der Waals surface area (Å²) in [5.74, 6) is -2.20. The van der Waals surface area contributed by atoms with Crippen molar-refractivity contribution in [2.75, 3.05) is 6.61 Å². The number of hydrogen-bond acceptors (Lipinski definition) is 4. The molecule has 0 heterocycles. The van der Waals surface area contributed by atoms with Crippen LogP contribution in [0.2, 0.25) is 0 Å². The summed E-state index contributed by atoms with van der Waals surface area (Å²) in [6.45, 7) is 4.36. The molecular weight excluding hydrogens is 200 g/mol. The summed E-state index contributed by atoms with van der Waals surface area (Å²) in [5.41, 5.74) is -1.62. The van der Waals surface area contributed by atoms with Gasteiger partial charge < -0.3 is 14.6 Å². The molecule has 0 saturated heterocycles. The molecule has 0 rings (SSSR count). The molecule has 0 aromatic heterocycles. The van der Waals surface area contributed by atoms with Crippen LogP contribution in [0.1, 0.15) is 33.6 Å². The number of ketones is 1. The third-order valence-electron chi connectivity index (χ3n) is 2.18. The molecule has 0 saturated carbocycles. The molecule has 0 aliphatic rings. The van der Waals surface area contributed by atoms with Gasteiger partial charge in [0.2, 0.25) is 0 Å². The van der Waals surface area contributed by atoms with Gasteiger partial charge in [-0.2, -0.15) is 0 Å². The molecule has 0 unspecified atom stereocenters. The number of carbonyl (C=O) groups excluding carboxylic acids is 2. The van der Waals surface area contributed by atoms with Gasteiger partial charge in [0, 0.05) is 6.42 Å². The van der Waals surface area contributed by atoms with Crippen LogP contribution in [0.5, 0.6) is 0 Å². The molecule has 86 valence electrons. The lowest BCUT2D eigenvalue weighted by atomic mass is 9.85. The van der Waals surface area contributed by atoms with Gasteiger partial charge in [-0.1, -0.05) is 0 Å². The van der Waals surface area contributed by atoms with E-state index in [9.17, 15) is 14.4 Å². The molecule has 0 aliphatic carbocycles. The highest BCUT2D eigenvalue weighted by Gasteiger charge is 2.42. The molecule has 1 N–H and O–H groups in total. The summed E-state index contributed by atoms with van der Waals surface area (Å²) in [6.07, 6.45) is 0.0259. The van der Waals surface area contributed by atoms with Crippen LogP contribution in [0.15, 0.2) is 0 Å². The molecule has 0 spiro atoms. The quantitative estimate of drug-likeness (QED) is 0.529. The molecule has 0 aromatic rings. The van der Waals surface area contributed by atoms with Crippen molar-refractivity contribution in [1.82, 2.24) is 0 Å². The predicted molar refractivity (Wildman–Crippen MR) is 52.3 cm³/mol. The fourth-order valence-corrected chi connectivity index (χ4v) is 1.01. The zero-order valence-corrected chi connectivity index (χ0v) is 9.20. The molecule has 5 heteroatoms. The summed E-state index contributed by atoms with van der Waals surface area (Å²) in [5, 5.41) is 8.93. The topological polar surface area (TPSA) is 80.7 Å². The Kier molecular flexibility index (Phi) is 4.97.